The highest BCUT2D eigenvalue weighted by molar-refractivity contribution is 7.89. The third-order valence-corrected chi connectivity index (χ3v) is 7.83. The van der Waals surface area contributed by atoms with Crippen LogP contribution in [0.3, 0.4) is 0 Å². The molecule has 0 atom stereocenters. The van der Waals surface area contributed by atoms with Crippen molar-refractivity contribution in [2.45, 2.75) is 31.8 Å². The molecule has 0 fully saturated rings. The molecule has 0 spiro atoms. The van der Waals surface area contributed by atoms with E-state index in [2.05, 4.69) is 4.98 Å². The molecule has 0 bridgehead atoms. The average molecular weight is 481 g/mol. The predicted molar refractivity (Wildman–Crippen MR) is 127 cm³/mol. The van der Waals surface area contributed by atoms with Crippen LogP contribution in [0, 0.1) is 13.8 Å². The lowest BCUT2D eigenvalue weighted by Crippen LogP contribution is -2.32. The maximum Gasteiger partial charge on any atom is 0.252 e. The van der Waals surface area contributed by atoms with Crippen molar-refractivity contribution in [1.29, 1.82) is 0 Å². The summed E-state index contributed by atoms with van der Waals surface area (Å²) in [5, 5.41) is 0.840. The van der Waals surface area contributed by atoms with Gasteiger partial charge in [0.1, 0.15) is 19.0 Å². The predicted octanol–water partition coefficient (Wildman–Crippen LogP) is 3.90. The van der Waals surface area contributed by atoms with E-state index >= 15 is 0 Å². The van der Waals surface area contributed by atoms with Gasteiger partial charge in [-0.25, -0.2) is 8.42 Å². The number of hydrogen-bond acceptors (Lipinski definition) is 6. The normalized spacial score (nSPS) is 13.5. The SMILES string of the molecule is Cc1ccc2cc(CN(Cc3ccco3)S(=O)(=O)c3ccc4c(c3)OCCO4)c(=O)[nH]c2c1C. The first kappa shape index (κ1) is 22.2. The van der Waals surface area contributed by atoms with Crippen LogP contribution in [0.2, 0.25) is 0 Å². The minimum absolute atomic E-state index is 0.0336. The van der Waals surface area contributed by atoms with Crippen LogP contribution < -0.4 is 15.0 Å². The molecule has 0 aliphatic carbocycles. The summed E-state index contributed by atoms with van der Waals surface area (Å²) in [5.74, 6) is 1.34. The number of hydrogen-bond donors (Lipinski definition) is 1. The van der Waals surface area contributed by atoms with Crippen LogP contribution in [0.15, 0.2) is 68.9 Å². The highest BCUT2D eigenvalue weighted by Gasteiger charge is 2.28. The maximum absolute atomic E-state index is 13.7. The molecule has 9 heteroatoms. The number of sulfonamides is 1. The molecule has 0 saturated heterocycles. The number of nitrogens with zero attached hydrogens (tertiary/aromatic N) is 1. The number of pyridine rings is 1. The second kappa shape index (κ2) is 8.66. The average Bonchev–Trinajstić information content (AvgIpc) is 3.35. The first-order valence-corrected chi connectivity index (χ1v) is 12.3. The lowest BCUT2D eigenvalue weighted by Gasteiger charge is -2.23. The van der Waals surface area contributed by atoms with Gasteiger partial charge in [0.2, 0.25) is 10.0 Å². The van der Waals surface area contributed by atoms with E-state index in [0.717, 1.165) is 22.0 Å². The molecule has 176 valence electrons. The van der Waals surface area contributed by atoms with Crippen molar-refractivity contribution in [3.8, 4) is 11.5 Å². The van der Waals surface area contributed by atoms with E-state index in [9.17, 15) is 13.2 Å². The molecule has 1 N–H and O–H groups in total. The van der Waals surface area contributed by atoms with Crippen LogP contribution in [0.1, 0.15) is 22.5 Å². The number of furan rings is 1. The van der Waals surface area contributed by atoms with Crippen molar-refractivity contribution in [3.05, 3.63) is 87.6 Å². The minimum atomic E-state index is -4.01. The third kappa shape index (κ3) is 4.08. The second-order valence-corrected chi connectivity index (χ2v) is 10.2. The summed E-state index contributed by atoms with van der Waals surface area (Å²) >= 11 is 0. The largest absolute Gasteiger partial charge is 0.486 e. The van der Waals surface area contributed by atoms with Gasteiger partial charge in [-0.15, -0.1) is 0 Å². The zero-order valence-electron chi connectivity index (χ0n) is 18.8. The van der Waals surface area contributed by atoms with Gasteiger partial charge >= 0.3 is 0 Å². The van der Waals surface area contributed by atoms with Crippen LogP contribution in [0.25, 0.3) is 10.9 Å². The lowest BCUT2D eigenvalue weighted by molar-refractivity contribution is 0.171. The van der Waals surface area contributed by atoms with Gasteiger partial charge in [0.05, 0.1) is 23.2 Å². The lowest BCUT2D eigenvalue weighted by atomic mass is 10.0. The van der Waals surface area contributed by atoms with Gasteiger partial charge in [-0.1, -0.05) is 12.1 Å². The summed E-state index contributed by atoms with van der Waals surface area (Å²) < 4.78 is 45.1. The number of ether oxygens (including phenoxy) is 2. The Bertz CT molecular complexity index is 1520. The van der Waals surface area contributed by atoms with Crippen LogP contribution in [0.4, 0.5) is 0 Å². The molecule has 0 unspecified atom stereocenters. The Morgan fingerprint density at radius 3 is 2.53 bits per heavy atom. The summed E-state index contributed by atoms with van der Waals surface area (Å²) in [6.07, 6.45) is 1.48. The van der Waals surface area contributed by atoms with E-state index < -0.39 is 10.0 Å². The van der Waals surface area contributed by atoms with E-state index in [4.69, 9.17) is 13.9 Å². The zero-order chi connectivity index (χ0) is 23.9. The molecule has 1 aliphatic rings. The second-order valence-electron chi connectivity index (χ2n) is 8.25. The van der Waals surface area contributed by atoms with Crippen molar-refractivity contribution in [3.63, 3.8) is 0 Å². The minimum Gasteiger partial charge on any atom is -0.486 e. The van der Waals surface area contributed by atoms with Gasteiger partial charge in [-0.05, 0) is 60.7 Å². The first-order chi connectivity index (χ1) is 16.3. The molecular weight excluding hydrogens is 456 g/mol. The molecular formula is C25H24N2O6S. The number of aromatic nitrogens is 1. The molecule has 1 aliphatic heterocycles. The zero-order valence-corrected chi connectivity index (χ0v) is 19.6. The van der Waals surface area contributed by atoms with E-state index in [1.165, 1.54) is 22.7 Å². The fraction of sp³-hybridized carbons (Fsp3) is 0.240. The summed E-state index contributed by atoms with van der Waals surface area (Å²) in [4.78, 5) is 15.9. The fourth-order valence-corrected chi connectivity index (χ4v) is 5.41. The highest BCUT2D eigenvalue weighted by atomic mass is 32.2. The molecule has 5 rings (SSSR count). The maximum atomic E-state index is 13.7. The molecule has 34 heavy (non-hydrogen) atoms. The Hall–Kier alpha value is -3.56. The molecule has 2 aromatic carbocycles. The molecule has 0 amide bonds. The topological polar surface area (TPSA) is 102 Å². The van der Waals surface area contributed by atoms with Gasteiger partial charge in [0, 0.05) is 18.2 Å². The number of benzene rings is 2. The summed E-state index contributed by atoms with van der Waals surface area (Å²) in [7, 11) is -4.01. The van der Waals surface area contributed by atoms with Crippen LogP contribution in [-0.2, 0) is 23.1 Å². The van der Waals surface area contributed by atoms with Crippen molar-refractivity contribution >= 4 is 20.9 Å². The first-order valence-electron chi connectivity index (χ1n) is 10.9. The van der Waals surface area contributed by atoms with Crippen molar-refractivity contribution < 1.29 is 22.3 Å². The van der Waals surface area contributed by atoms with Crippen LogP contribution >= 0.6 is 0 Å². The van der Waals surface area contributed by atoms with Gasteiger partial charge in [0.15, 0.2) is 11.5 Å². The van der Waals surface area contributed by atoms with E-state index in [1.807, 2.05) is 26.0 Å². The number of nitrogens with one attached hydrogen (secondary N) is 1. The van der Waals surface area contributed by atoms with Gasteiger partial charge in [0.25, 0.3) is 5.56 Å². The van der Waals surface area contributed by atoms with Crippen molar-refractivity contribution in [2.24, 2.45) is 0 Å². The number of H-pyrrole nitrogens is 1. The van der Waals surface area contributed by atoms with Crippen molar-refractivity contribution in [2.75, 3.05) is 13.2 Å². The Balaban J connectivity index is 1.56. The number of rotatable bonds is 6. The number of fused-ring (bicyclic) bond motifs is 2. The molecule has 2 aromatic heterocycles. The smallest absolute Gasteiger partial charge is 0.252 e. The molecule has 0 radical (unpaired) electrons. The standard InChI is InChI=1S/C25H24N2O6S/c1-16-5-6-18-12-19(25(28)26-24(18)17(16)2)14-27(15-20-4-3-9-31-20)34(29,30)21-7-8-22-23(13-21)33-11-10-32-22/h3-9,12-13H,10-11,14-15H2,1-2H3,(H,26,28). The summed E-state index contributed by atoms with van der Waals surface area (Å²) in [6, 6.07) is 13.6. The Morgan fingerprint density at radius 2 is 1.76 bits per heavy atom. The monoisotopic (exact) mass is 480 g/mol. The molecule has 3 heterocycles. The van der Waals surface area contributed by atoms with Gasteiger partial charge in [-0.3, -0.25) is 4.79 Å². The van der Waals surface area contributed by atoms with Gasteiger partial charge < -0.3 is 18.9 Å². The molecule has 0 saturated carbocycles. The Labute approximate surface area is 196 Å². The summed E-state index contributed by atoms with van der Waals surface area (Å²) in [6.45, 7) is 4.52. The number of aromatic amines is 1. The van der Waals surface area contributed by atoms with Gasteiger partial charge in [-0.2, -0.15) is 4.31 Å². The van der Waals surface area contributed by atoms with E-state index in [0.29, 0.717) is 36.0 Å². The van der Waals surface area contributed by atoms with Crippen LogP contribution in [-0.4, -0.2) is 30.9 Å². The van der Waals surface area contributed by atoms with E-state index in [-0.39, 0.29) is 23.5 Å². The van der Waals surface area contributed by atoms with E-state index in [1.54, 1.807) is 24.3 Å². The fourth-order valence-electron chi connectivity index (χ4n) is 4.01. The van der Waals surface area contributed by atoms with Crippen molar-refractivity contribution in [1.82, 2.24) is 9.29 Å². The quantitative estimate of drug-likeness (QED) is 0.449. The molecule has 8 nitrogen and oxygen atoms in total. The summed E-state index contributed by atoms with van der Waals surface area (Å²) in [5.41, 5.74) is 2.81. The van der Waals surface area contributed by atoms with Crippen LogP contribution in [0.5, 0.6) is 11.5 Å². The Kier molecular flexibility index (Phi) is 5.66. The third-order valence-electron chi connectivity index (χ3n) is 6.04. The molecule has 4 aromatic rings. The highest BCUT2D eigenvalue weighted by Crippen LogP contribution is 2.34. The Morgan fingerprint density at radius 1 is 0.971 bits per heavy atom. The number of aryl methyl sites for hydroxylation is 2.